The molecule has 0 radical (unpaired) electrons. The van der Waals surface area contributed by atoms with Gasteiger partial charge in [-0.05, 0) is 56.6 Å². The highest BCUT2D eigenvalue weighted by atomic mass is 16.3. The quantitative estimate of drug-likeness (QED) is 0.155. The zero-order valence-corrected chi connectivity index (χ0v) is 24.3. The summed E-state index contributed by atoms with van der Waals surface area (Å²) < 4.78 is 6.14. The molecule has 0 fully saturated rings. The first kappa shape index (κ1) is 25.4. The fraction of sp³-hybridized carbons (Fsp3) is 0. The van der Waals surface area contributed by atoms with E-state index in [9.17, 15) is 0 Å². The van der Waals surface area contributed by atoms with Gasteiger partial charge in [-0.3, -0.25) is 0 Å². The lowest BCUT2D eigenvalue weighted by atomic mass is 9.91. The second kappa shape index (κ2) is 10.3. The van der Waals surface area contributed by atoms with E-state index >= 15 is 0 Å². The molecular formula is C42H26N2O. The molecule has 3 nitrogen and oxygen atoms in total. The Bertz CT molecular complexity index is 2500. The number of nitrogens with zero attached hydrogens (tertiary/aromatic N) is 2. The topological polar surface area (TPSA) is 38.9 Å². The largest absolute Gasteiger partial charge is 0.456 e. The molecule has 9 aromatic rings. The molecule has 0 saturated heterocycles. The Morgan fingerprint density at radius 2 is 1.04 bits per heavy atom. The number of aromatic nitrogens is 2. The van der Waals surface area contributed by atoms with E-state index in [1.165, 1.54) is 32.3 Å². The SMILES string of the molecule is c1ccc(-c2nc(-c3ccc(-c4cc5ccccc5o4)cc3)cc(-c3c4ccccc4cc4c3ccc3ccccc34)n2)cc1. The summed E-state index contributed by atoms with van der Waals surface area (Å²) in [5.41, 5.74) is 6.81. The molecule has 7 aromatic carbocycles. The minimum Gasteiger partial charge on any atom is -0.456 e. The van der Waals surface area contributed by atoms with Gasteiger partial charge in [-0.15, -0.1) is 0 Å². The molecule has 0 bridgehead atoms. The number of para-hydroxylation sites is 1. The lowest BCUT2D eigenvalue weighted by Gasteiger charge is -2.15. The molecule has 0 unspecified atom stereocenters. The maximum absolute atomic E-state index is 6.14. The van der Waals surface area contributed by atoms with Crippen LogP contribution >= 0.6 is 0 Å². The Hall–Kier alpha value is -6.06. The van der Waals surface area contributed by atoms with E-state index in [1.54, 1.807) is 0 Å². The molecule has 0 spiro atoms. The molecule has 9 rings (SSSR count). The third kappa shape index (κ3) is 4.37. The summed E-state index contributed by atoms with van der Waals surface area (Å²) >= 11 is 0. The third-order valence-corrected chi connectivity index (χ3v) is 8.67. The number of hydrogen-bond donors (Lipinski definition) is 0. The van der Waals surface area contributed by atoms with Crippen molar-refractivity contribution in [2.24, 2.45) is 0 Å². The van der Waals surface area contributed by atoms with Crippen molar-refractivity contribution in [1.82, 2.24) is 9.97 Å². The molecule has 2 aromatic heterocycles. The average molecular weight is 575 g/mol. The molecule has 0 N–H and O–H groups in total. The number of benzene rings is 7. The van der Waals surface area contributed by atoms with Gasteiger partial charge in [-0.1, -0.05) is 133 Å². The fourth-order valence-electron chi connectivity index (χ4n) is 6.47. The molecular weight excluding hydrogens is 548 g/mol. The van der Waals surface area contributed by atoms with E-state index in [0.29, 0.717) is 5.82 Å². The zero-order chi connectivity index (χ0) is 29.7. The van der Waals surface area contributed by atoms with Gasteiger partial charge in [0.1, 0.15) is 11.3 Å². The van der Waals surface area contributed by atoms with Crippen molar-refractivity contribution in [2.45, 2.75) is 0 Å². The van der Waals surface area contributed by atoms with Gasteiger partial charge in [-0.25, -0.2) is 9.97 Å². The first-order chi connectivity index (χ1) is 22.3. The molecule has 0 saturated carbocycles. The monoisotopic (exact) mass is 574 g/mol. The lowest BCUT2D eigenvalue weighted by Crippen LogP contribution is -1.97. The van der Waals surface area contributed by atoms with Gasteiger partial charge >= 0.3 is 0 Å². The van der Waals surface area contributed by atoms with Crippen molar-refractivity contribution in [3.63, 3.8) is 0 Å². The molecule has 210 valence electrons. The van der Waals surface area contributed by atoms with Crippen LogP contribution in [0.4, 0.5) is 0 Å². The Morgan fingerprint density at radius 1 is 0.378 bits per heavy atom. The Morgan fingerprint density at radius 3 is 1.87 bits per heavy atom. The third-order valence-electron chi connectivity index (χ3n) is 8.67. The van der Waals surface area contributed by atoms with Crippen molar-refractivity contribution in [2.75, 3.05) is 0 Å². The van der Waals surface area contributed by atoms with Crippen molar-refractivity contribution in [3.05, 3.63) is 158 Å². The smallest absolute Gasteiger partial charge is 0.160 e. The van der Waals surface area contributed by atoms with Gasteiger partial charge in [0.15, 0.2) is 5.82 Å². The summed E-state index contributed by atoms with van der Waals surface area (Å²) in [7, 11) is 0. The van der Waals surface area contributed by atoms with Crippen molar-refractivity contribution in [1.29, 1.82) is 0 Å². The molecule has 45 heavy (non-hydrogen) atoms. The van der Waals surface area contributed by atoms with E-state index in [0.717, 1.165) is 50.4 Å². The minimum absolute atomic E-state index is 0.700. The summed E-state index contributed by atoms with van der Waals surface area (Å²) in [6, 6.07) is 55.0. The van der Waals surface area contributed by atoms with Crippen molar-refractivity contribution < 1.29 is 4.42 Å². The number of rotatable bonds is 4. The molecule has 3 heteroatoms. The van der Waals surface area contributed by atoms with Gasteiger partial charge in [0, 0.05) is 27.6 Å². The van der Waals surface area contributed by atoms with Crippen LogP contribution in [0, 0.1) is 0 Å². The van der Waals surface area contributed by atoms with Crippen LogP contribution in [0.1, 0.15) is 0 Å². The summed E-state index contributed by atoms with van der Waals surface area (Å²) in [5.74, 6) is 1.55. The molecule has 0 atom stereocenters. The van der Waals surface area contributed by atoms with Crippen LogP contribution in [0.5, 0.6) is 0 Å². The summed E-state index contributed by atoms with van der Waals surface area (Å²) in [4.78, 5) is 10.4. The van der Waals surface area contributed by atoms with Crippen molar-refractivity contribution >= 4 is 43.3 Å². The van der Waals surface area contributed by atoms with Crippen LogP contribution in [-0.2, 0) is 0 Å². The molecule has 0 aliphatic heterocycles. The minimum atomic E-state index is 0.700. The predicted molar refractivity (Wildman–Crippen MR) is 186 cm³/mol. The predicted octanol–water partition coefficient (Wildman–Crippen LogP) is 11.4. The molecule has 2 heterocycles. The van der Waals surface area contributed by atoms with Gasteiger partial charge in [0.2, 0.25) is 0 Å². The first-order valence-corrected chi connectivity index (χ1v) is 15.2. The maximum Gasteiger partial charge on any atom is 0.160 e. The fourth-order valence-corrected chi connectivity index (χ4v) is 6.47. The number of furan rings is 1. The Kier molecular flexibility index (Phi) is 5.82. The van der Waals surface area contributed by atoms with Gasteiger partial charge < -0.3 is 4.42 Å². The average Bonchev–Trinajstić information content (AvgIpc) is 3.55. The van der Waals surface area contributed by atoms with Crippen LogP contribution in [0.25, 0.3) is 88.5 Å². The van der Waals surface area contributed by atoms with E-state index in [2.05, 4.69) is 121 Å². The van der Waals surface area contributed by atoms with E-state index in [-0.39, 0.29) is 0 Å². The summed E-state index contributed by atoms with van der Waals surface area (Å²) in [6.45, 7) is 0. The van der Waals surface area contributed by atoms with E-state index in [4.69, 9.17) is 14.4 Å². The second-order valence-corrected chi connectivity index (χ2v) is 11.4. The van der Waals surface area contributed by atoms with E-state index in [1.807, 2.05) is 36.4 Å². The number of hydrogen-bond acceptors (Lipinski definition) is 3. The second-order valence-electron chi connectivity index (χ2n) is 11.4. The van der Waals surface area contributed by atoms with Crippen molar-refractivity contribution in [3.8, 4) is 45.2 Å². The summed E-state index contributed by atoms with van der Waals surface area (Å²) in [5, 5.41) is 8.32. The zero-order valence-electron chi connectivity index (χ0n) is 24.3. The van der Waals surface area contributed by atoms with Gasteiger partial charge in [0.05, 0.1) is 11.4 Å². The maximum atomic E-state index is 6.14. The Balaban J connectivity index is 1.27. The van der Waals surface area contributed by atoms with Crippen LogP contribution in [-0.4, -0.2) is 9.97 Å². The standard InChI is InChI=1S/C42H26N2O/c1-2-11-30(12-3-1)42-43-37(28-18-20-29(21-19-28)40-25-32-14-6-9-17-39(32)45-40)26-38(44-42)41-34-16-8-5-13-31(34)24-36-33-15-7-4-10-27(33)22-23-35(36)41/h1-26H. The van der Waals surface area contributed by atoms with Crippen LogP contribution < -0.4 is 0 Å². The molecule has 0 aliphatic carbocycles. The van der Waals surface area contributed by atoms with Gasteiger partial charge in [0.25, 0.3) is 0 Å². The highest BCUT2D eigenvalue weighted by Crippen LogP contribution is 2.40. The molecule has 0 aliphatic rings. The first-order valence-electron chi connectivity index (χ1n) is 15.2. The Labute approximate surface area is 260 Å². The van der Waals surface area contributed by atoms with Crippen LogP contribution in [0.3, 0.4) is 0 Å². The normalized spacial score (nSPS) is 11.6. The highest BCUT2D eigenvalue weighted by molar-refractivity contribution is 6.19. The highest BCUT2D eigenvalue weighted by Gasteiger charge is 2.17. The van der Waals surface area contributed by atoms with Gasteiger partial charge in [-0.2, -0.15) is 0 Å². The number of fused-ring (bicyclic) bond motifs is 5. The van der Waals surface area contributed by atoms with Crippen LogP contribution in [0.15, 0.2) is 162 Å². The van der Waals surface area contributed by atoms with E-state index < -0.39 is 0 Å². The van der Waals surface area contributed by atoms with Crippen LogP contribution in [0.2, 0.25) is 0 Å². The molecule has 0 amide bonds. The summed E-state index contributed by atoms with van der Waals surface area (Å²) in [6.07, 6.45) is 0. The lowest BCUT2D eigenvalue weighted by molar-refractivity contribution is 0.631.